The van der Waals surface area contributed by atoms with Gasteiger partial charge in [-0.15, -0.1) is 0 Å². The molecule has 1 rings (SSSR count). The maximum atomic E-state index is 11.4. The van der Waals surface area contributed by atoms with Crippen molar-refractivity contribution in [1.82, 2.24) is 4.98 Å². The molecule has 0 saturated carbocycles. The van der Waals surface area contributed by atoms with E-state index in [9.17, 15) is 4.79 Å². The number of unbranched alkanes of at least 4 members (excludes halogenated alkanes) is 2. The lowest BCUT2D eigenvalue weighted by Gasteiger charge is -1.95. The summed E-state index contributed by atoms with van der Waals surface area (Å²) >= 11 is 5.76. The molecule has 0 aliphatic carbocycles. The van der Waals surface area contributed by atoms with Gasteiger partial charge in [0, 0.05) is 6.42 Å². The summed E-state index contributed by atoms with van der Waals surface area (Å²) in [5, 5.41) is 0.0185. The van der Waals surface area contributed by atoms with Crippen LogP contribution in [-0.4, -0.2) is 17.6 Å². The average Bonchev–Trinajstić information content (AvgIpc) is 2.61. The van der Waals surface area contributed by atoms with Gasteiger partial charge in [0.05, 0.1) is 6.61 Å². The topological polar surface area (TPSA) is 52.3 Å². The van der Waals surface area contributed by atoms with Gasteiger partial charge in [0.15, 0.2) is 5.89 Å². The van der Waals surface area contributed by atoms with Crippen LogP contribution in [-0.2, 0) is 11.2 Å². The molecule has 0 atom stereocenters. The standard InChI is InChI=1S/C11H16ClNO3/c1-3-5-6-7-8-13-9(10(12)16-8)11(14)15-4-2/h3-7H2,1-2H3. The molecule has 1 aromatic rings. The first-order valence-electron chi connectivity index (χ1n) is 5.51. The SMILES string of the molecule is CCCCCc1nc(C(=O)OCC)c(Cl)o1. The van der Waals surface area contributed by atoms with Crippen LogP contribution in [0.25, 0.3) is 0 Å². The number of nitrogens with zero attached hydrogens (tertiary/aromatic N) is 1. The summed E-state index contributed by atoms with van der Waals surface area (Å²) in [7, 11) is 0. The van der Waals surface area contributed by atoms with Crippen molar-refractivity contribution in [3.8, 4) is 0 Å². The van der Waals surface area contributed by atoms with Gasteiger partial charge < -0.3 is 9.15 Å². The number of esters is 1. The number of hydrogen-bond acceptors (Lipinski definition) is 4. The number of rotatable bonds is 6. The van der Waals surface area contributed by atoms with E-state index in [1.165, 1.54) is 0 Å². The Hall–Kier alpha value is -1.03. The van der Waals surface area contributed by atoms with E-state index in [0.717, 1.165) is 19.3 Å². The molecule has 0 amide bonds. The van der Waals surface area contributed by atoms with Crippen LogP contribution >= 0.6 is 11.6 Å². The van der Waals surface area contributed by atoms with Crippen LogP contribution in [0.4, 0.5) is 0 Å². The van der Waals surface area contributed by atoms with E-state index in [2.05, 4.69) is 11.9 Å². The number of carbonyl (C=O) groups excluding carboxylic acids is 1. The van der Waals surface area contributed by atoms with E-state index >= 15 is 0 Å². The minimum absolute atomic E-state index is 0.0185. The molecule has 0 unspecified atom stereocenters. The third kappa shape index (κ3) is 3.52. The monoisotopic (exact) mass is 245 g/mol. The largest absolute Gasteiger partial charge is 0.461 e. The van der Waals surface area contributed by atoms with Gasteiger partial charge in [-0.1, -0.05) is 19.8 Å². The highest BCUT2D eigenvalue weighted by atomic mass is 35.5. The molecule has 0 spiro atoms. The van der Waals surface area contributed by atoms with Gasteiger partial charge in [-0.2, -0.15) is 0 Å². The van der Waals surface area contributed by atoms with E-state index < -0.39 is 5.97 Å². The molecule has 0 fully saturated rings. The van der Waals surface area contributed by atoms with Gasteiger partial charge >= 0.3 is 5.97 Å². The third-order valence-corrected chi connectivity index (χ3v) is 2.35. The third-order valence-electron chi connectivity index (χ3n) is 2.09. The Kier molecular flexibility index (Phi) is 5.32. The van der Waals surface area contributed by atoms with Crippen LogP contribution < -0.4 is 0 Å². The number of ether oxygens (including phenoxy) is 1. The molecule has 0 N–H and O–H groups in total. The van der Waals surface area contributed by atoms with Gasteiger partial charge in [0.2, 0.25) is 10.9 Å². The van der Waals surface area contributed by atoms with Crippen LogP contribution in [0.3, 0.4) is 0 Å². The molecule has 0 aromatic carbocycles. The summed E-state index contributed by atoms with van der Waals surface area (Å²) in [4.78, 5) is 15.4. The summed E-state index contributed by atoms with van der Waals surface area (Å²) in [6.07, 6.45) is 3.91. The average molecular weight is 246 g/mol. The second-order valence-electron chi connectivity index (χ2n) is 3.41. The Morgan fingerprint density at radius 3 is 2.81 bits per heavy atom. The Bertz CT molecular complexity index is 349. The molecule has 1 heterocycles. The highest BCUT2D eigenvalue weighted by molar-refractivity contribution is 6.31. The molecule has 0 bridgehead atoms. The molecule has 5 heteroatoms. The van der Waals surface area contributed by atoms with Gasteiger partial charge in [-0.25, -0.2) is 9.78 Å². The van der Waals surface area contributed by atoms with Crippen molar-refractivity contribution in [2.24, 2.45) is 0 Å². The number of oxazole rings is 1. The number of halogens is 1. The lowest BCUT2D eigenvalue weighted by Crippen LogP contribution is -2.05. The molecule has 0 saturated heterocycles. The Morgan fingerprint density at radius 2 is 2.19 bits per heavy atom. The second kappa shape index (κ2) is 6.53. The Labute approximate surface area is 99.9 Å². The summed E-state index contributed by atoms with van der Waals surface area (Å²) in [6, 6.07) is 0. The van der Waals surface area contributed by atoms with Gasteiger partial charge in [-0.3, -0.25) is 0 Å². The normalized spacial score (nSPS) is 10.4. The maximum absolute atomic E-state index is 11.4. The fourth-order valence-electron chi connectivity index (χ4n) is 1.30. The molecule has 16 heavy (non-hydrogen) atoms. The van der Waals surface area contributed by atoms with Crippen molar-refractivity contribution >= 4 is 17.6 Å². The highest BCUT2D eigenvalue weighted by Gasteiger charge is 2.19. The van der Waals surface area contributed by atoms with Crippen molar-refractivity contribution in [2.45, 2.75) is 39.5 Å². The number of aromatic nitrogens is 1. The number of carbonyl (C=O) groups is 1. The zero-order valence-corrected chi connectivity index (χ0v) is 10.3. The smallest absolute Gasteiger partial charge is 0.361 e. The van der Waals surface area contributed by atoms with Crippen molar-refractivity contribution < 1.29 is 13.9 Å². The maximum Gasteiger partial charge on any atom is 0.361 e. The second-order valence-corrected chi connectivity index (χ2v) is 3.75. The molecule has 90 valence electrons. The summed E-state index contributed by atoms with van der Waals surface area (Å²) in [5.74, 6) is -0.0282. The van der Waals surface area contributed by atoms with Gasteiger partial charge in [0.1, 0.15) is 0 Å². The van der Waals surface area contributed by atoms with Crippen LogP contribution in [0.2, 0.25) is 5.22 Å². The summed E-state index contributed by atoms with van der Waals surface area (Å²) in [6.45, 7) is 4.15. The fourth-order valence-corrected chi connectivity index (χ4v) is 1.51. The van der Waals surface area contributed by atoms with E-state index in [4.69, 9.17) is 20.8 Å². The molecule has 0 radical (unpaired) electrons. The first-order chi connectivity index (χ1) is 7.69. The summed E-state index contributed by atoms with van der Waals surface area (Å²) < 4.78 is 9.98. The van der Waals surface area contributed by atoms with Gasteiger partial charge in [0.25, 0.3) is 0 Å². The van der Waals surface area contributed by atoms with Crippen molar-refractivity contribution in [3.05, 3.63) is 16.8 Å². The Morgan fingerprint density at radius 1 is 1.44 bits per heavy atom. The van der Waals surface area contributed by atoms with E-state index in [0.29, 0.717) is 18.9 Å². The summed E-state index contributed by atoms with van der Waals surface area (Å²) in [5.41, 5.74) is 0.0787. The first-order valence-corrected chi connectivity index (χ1v) is 5.89. The van der Waals surface area contributed by atoms with E-state index in [-0.39, 0.29) is 10.9 Å². The first kappa shape index (κ1) is 13.0. The molecule has 0 aliphatic rings. The zero-order valence-electron chi connectivity index (χ0n) is 9.59. The van der Waals surface area contributed by atoms with Crippen LogP contribution in [0.1, 0.15) is 49.5 Å². The molecular formula is C11H16ClNO3. The minimum Gasteiger partial charge on any atom is -0.461 e. The molecule has 4 nitrogen and oxygen atoms in total. The van der Waals surface area contributed by atoms with Crippen LogP contribution in [0, 0.1) is 0 Å². The molecule has 0 aliphatic heterocycles. The highest BCUT2D eigenvalue weighted by Crippen LogP contribution is 2.19. The zero-order chi connectivity index (χ0) is 12.0. The van der Waals surface area contributed by atoms with E-state index in [1.807, 2.05) is 0 Å². The van der Waals surface area contributed by atoms with Crippen molar-refractivity contribution in [2.75, 3.05) is 6.61 Å². The predicted octanol–water partition coefficient (Wildman–Crippen LogP) is 3.24. The van der Waals surface area contributed by atoms with Crippen LogP contribution in [0.5, 0.6) is 0 Å². The lowest BCUT2D eigenvalue weighted by atomic mass is 10.2. The number of aryl methyl sites for hydroxylation is 1. The quantitative estimate of drug-likeness (QED) is 0.570. The lowest BCUT2D eigenvalue weighted by molar-refractivity contribution is 0.0519. The fraction of sp³-hybridized carbons (Fsp3) is 0.636. The Balaban J connectivity index is 2.62. The molecular weight excluding hydrogens is 230 g/mol. The number of hydrogen-bond donors (Lipinski definition) is 0. The van der Waals surface area contributed by atoms with Crippen molar-refractivity contribution in [1.29, 1.82) is 0 Å². The predicted molar refractivity (Wildman–Crippen MR) is 60.7 cm³/mol. The van der Waals surface area contributed by atoms with Gasteiger partial charge in [-0.05, 0) is 24.9 Å². The molecule has 1 aromatic heterocycles. The minimum atomic E-state index is -0.530. The van der Waals surface area contributed by atoms with Crippen molar-refractivity contribution in [3.63, 3.8) is 0 Å². The van der Waals surface area contributed by atoms with E-state index in [1.54, 1.807) is 6.92 Å². The van der Waals surface area contributed by atoms with Crippen LogP contribution in [0.15, 0.2) is 4.42 Å².